The van der Waals surface area contributed by atoms with Gasteiger partial charge in [-0.2, -0.15) is 0 Å². The number of hydrogen-bond acceptors (Lipinski definition) is 3. The normalized spacial score (nSPS) is 20.1. The predicted octanol–water partition coefficient (Wildman–Crippen LogP) is 0.821. The summed E-state index contributed by atoms with van der Waals surface area (Å²) in [5, 5.41) is 0. The van der Waals surface area contributed by atoms with Gasteiger partial charge in [0, 0.05) is 20.2 Å². The van der Waals surface area contributed by atoms with Crippen molar-refractivity contribution in [3.8, 4) is 0 Å². The van der Waals surface area contributed by atoms with E-state index in [1.807, 2.05) is 37.7 Å². The van der Waals surface area contributed by atoms with Crippen molar-refractivity contribution in [1.29, 1.82) is 0 Å². The van der Waals surface area contributed by atoms with E-state index >= 15 is 0 Å². The minimum absolute atomic E-state index is 0.199. The molecule has 4 nitrogen and oxygen atoms in total. The van der Waals surface area contributed by atoms with E-state index in [-0.39, 0.29) is 12.0 Å². The van der Waals surface area contributed by atoms with Gasteiger partial charge in [0.05, 0.1) is 12.6 Å². The van der Waals surface area contributed by atoms with E-state index in [0.717, 1.165) is 19.5 Å². The Morgan fingerprint density at radius 2 is 2.07 bits per heavy atom. The maximum atomic E-state index is 11.5. The molecule has 0 spiro atoms. The minimum Gasteiger partial charge on any atom is -0.380 e. The summed E-state index contributed by atoms with van der Waals surface area (Å²) in [5.41, 5.74) is 0. The van der Waals surface area contributed by atoms with Gasteiger partial charge in [0.2, 0.25) is 5.91 Å². The van der Waals surface area contributed by atoms with E-state index < -0.39 is 0 Å². The molecule has 0 radical (unpaired) electrons. The monoisotopic (exact) mass is 216 g/mol. The van der Waals surface area contributed by atoms with Crippen molar-refractivity contribution in [2.45, 2.75) is 26.4 Å². The number of methoxy groups -OCH3 is 1. The van der Waals surface area contributed by atoms with Crippen LogP contribution < -0.4 is 0 Å². The van der Waals surface area contributed by atoms with Crippen LogP contribution in [0.1, 0.15) is 20.3 Å². The van der Waals surface area contributed by atoms with E-state index in [2.05, 4.69) is 0 Å². The molecule has 0 bridgehead atoms. The molecule has 1 fully saturated rings. The predicted molar refractivity (Wildman–Crippen MR) is 61.9 cm³/mol. The second-order valence-corrected chi connectivity index (χ2v) is 3.72. The van der Waals surface area contributed by atoms with Crippen molar-refractivity contribution in [3.05, 3.63) is 0 Å². The molecule has 1 saturated heterocycles. The average molecular weight is 216 g/mol. The zero-order chi connectivity index (χ0) is 11.8. The third-order valence-electron chi connectivity index (χ3n) is 2.28. The van der Waals surface area contributed by atoms with Gasteiger partial charge in [-0.05, 0) is 20.5 Å². The number of amides is 1. The molecule has 1 aliphatic rings. The molecule has 1 unspecified atom stereocenters. The molecule has 4 heteroatoms. The lowest BCUT2D eigenvalue weighted by Gasteiger charge is -2.18. The van der Waals surface area contributed by atoms with Crippen LogP contribution in [-0.4, -0.2) is 62.7 Å². The highest BCUT2D eigenvalue weighted by Gasteiger charge is 2.25. The first-order valence-corrected chi connectivity index (χ1v) is 5.58. The number of carbonyl (C=O) groups is 1. The summed E-state index contributed by atoms with van der Waals surface area (Å²) in [5.74, 6) is 0.199. The average Bonchev–Trinajstić information content (AvgIpc) is 2.68. The van der Waals surface area contributed by atoms with Gasteiger partial charge >= 0.3 is 0 Å². The second-order valence-electron chi connectivity index (χ2n) is 3.72. The first-order valence-electron chi connectivity index (χ1n) is 5.58. The van der Waals surface area contributed by atoms with Gasteiger partial charge in [-0.3, -0.25) is 4.79 Å². The van der Waals surface area contributed by atoms with Crippen molar-refractivity contribution < 1.29 is 9.53 Å². The summed E-state index contributed by atoms with van der Waals surface area (Å²) in [4.78, 5) is 15.3. The third kappa shape index (κ3) is 5.14. The number of likely N-dealkylation sites (tertiary alicyclic amines) is 1. The van der Waals surface area contributed by atoms with Gasteiger partial charge < -0.3 is 14.5 Å². The Morgan fingerprint density at radius 3 is 2.47 bits per heavy atom. The van der Waals surface area contributed by atoms with E-state index in [1.54, 1.807) is 7.11 Å². The Balaban J connectivity index is 0.000000921. The molecule has 1 aliphatic heterocycles. The van der Waals surface area contributed by atoms with Crippen LogP contribution in [0.15, 0.2) is 0 Å². The molecule has 15 heavy (non-hydrogen) atoms. The van der Waals surface area contributed by atoms with Crippen LogP contribution in [-0.2, 0) is 9.53 Å². The van der Waals surface area contributed by atoms with E-state index in [9.17, 15) is 4.79 Å². The summed E-state index contributed by atoms with van der Waals surface area (Å²) in [6.07, 6.45) is 1.21. The number of ether oxygens (including phenoxy) is 1. The summed E-state index contributed by atoms with van der Waals surface area (Å²) in [6, 6.07) is 0. The molecule has 0 saturated carbocycles. The highest BCUT2D eigenvalue weighted by atomic mass is 16.5. The molecule has 0 aromatic heterocycles. The SMILES string of the molecule is CC.COC1CCN(C(=O)CN(C)C)C1. The highest BCUT2D eigenvalue weighted by molar-refractivity contribution is 5.78. The van der Waals surface area contributed by atoms with Crippen LogP contribution in [0.5, 0.6) is 0 Å². The van der Waals surface area contributed by atoms with Crippen molar-refractivity contribution in [2.75, 3.05) is 40.8 Å². The molecule has 90 valence electrons. The second kappa shape index (κ2) is 7.65. The fourth-order valence-electron chi connectivity index (χ4n) is 1.52. The van der Waals surface area contributed by atoms with E-state index in [0.29, 0.717) is 6.54 Å². The lowest BCUT2D eigenvalue weighted by molar-refractivity contribution is -0.131. The Morgan fingerprint density at radius 1 is 1.47 bits per heavy atom. The van der Waals surface area contributed by atoms with Crippen molar-refractivity contribution in [2.24, 2.45) is 0 Å². The molecule has 0 aromatic rings. The van der Waals surface area contributed by atoms with Crippen LogP contribution in [0.3, 0.4) is 0 Å². The van der Waals surface area contributed by atoms with E-state index in [1.165, 1.54) is 0 Å². The summed E-state index contributed by atoms with van der Waals surface area (Å²) in [7, 11) is 5.51. The van der Waals surface area contributed by atoms with Gasteiger partial charge in [0.25, 0.3) is 0 Å². The first-order chi connectivity index (χ1) is 7.13. The summed E-state index contributed by atoms with van der Waals surface area (Å²) >= 11 is 0. The van der Waals surface area contributed by atoms with Crippen LogP contribution in [0.25, 0.3) is 0 Å². The molecule has 1 atom stereocenters. The highest BCUT2D eigenvalue weighted by Crippen LogP contribution is 2.11. The van der Waals surface area contributed by atoms with Gasteiger partial charge in [0.1, 0.15) is 0 Å². The fourth-order valence-corrected chi connectivity index (χ4v) is 1.52. The molecular weight excluding hydrogens is 192 g/mol. The quantitative estimate of drug-likeness (QED) is 0.700. The molecule has 0 aliphatic carbocycles. The summed E-state index contributed by atoms with van der Waals surface area (Å²) in [6.45, 7) is 6.09. The lowest BCUT2D eigenvalue weighted by atomic mass is 10.3. The van der Waals surface area contributed by atoms with Crippen LogP contribution in [0.2, 0.25) is 0 Å². The molecule has 1 rings (SSSR count). The first kappa shape index (κ1) is 14.4. The third-order valence-corrected chi connectivity index (χ3v) is 2.28. The smallest absolute Gasteiger partial charge is 0.236 e. The number of likely N-dealkylation sites (N-methyl/N-ethyl adjacent to an activating group) is 1. The van der Waals surface area contributed by atoms with Gasteiger partial charge in [-0.25, -0.2) is 0 Å². The van der Waals surface area contributed by atoms with Gasteiger partial charge in [0.15, 0.2) is 0 Å². The van der Waals surface area contributed by atoms with Crippen LogP contribution in [0, 0.1) is 0 Å². The molecule has 0 N–H and O–H groups in total. The van der Waals surface area contributed by atoms with Crippen LogP contribution in [0.4, 0.5) is 0 Å². The van der Waals surface area contributed by atoms with E-state index in [4.69, 9.17) is 4.74 Å². The molecular formula is C11H24N2O2. The summed E-state index contributed by atoms with van der Waals surface area (Å²) < 4.78 is 5.19. The zero-order valence-electron chi connectivity index (χ0n) is 10.6. The largest absolute Gasteiger partial charge is 0.380 e. The lowest BCUT2D eigenvalue weighted by Crippen LogP contribution is -2.36. The topological polar surface area (TPSA) is 32.8 Å². The standard InChI is InChI=1S/C9H18N2O2.C2H6/c1-10(2)7-9(12)11-5-4-8(6-11)13-3;1-2/h8H,4-7H2,1-3H3;1-2H3. The van der Waals surface area contributed by atoms with Crippen molar-refractivity contribution >= 4 is 5.91 Å². The van der Waals surface area contributed by atoms with Gasteiger partial charge in [-0.15, -0.1) is 0 Å². The molecule has 1 amide bonds. The maximum absolute atomic E-state index is 11.5. The zero-order valence-corrected chi connectivity index (χ0v) is 10.6. The number of hydrogen-bond donors (Lipinski definition) is 0. The Kier molecular flexibility index (Phi) is 7.34. The van der Waals surface area contributed by atoms with Crippen molar-refractivity contribution in [1.82, 2.24) is 9.80 Å². The minimum atomic E-state index is 0.199. The Bertz CT molecular complexity index is 183. The molecule has 1 heterocycles. The van der Waals surface area contributed by atoms with Gasteiger partial charge in [-0.1, -0.05) is 13.8 Å². The van der Waals surface area contributed by atoms with Crippen LogP contribution >= 0.6 is 0 Å². The Hall–Kier alpha value is -0.610. The Labute approximate surface area is 93.2 Å². The van der Waals surface area contributed by atoms with Crippen molar-refractivity contribution in [3.63, 3.8) is 0 Å². The fraction of sp³-hybridized carbons (Fsp3) is 0.909. The number of carbonyl (C=O) groups excluding carboxylic acids is 1. The molecule has 0 aromatic carbocycles. The maximum Gasteiger partial charge on any atom is 0.236 e. The number of rotatable bonds is 3. The number of nitrogens with zero attached hydrogens (tertiary/aromatic N) is 2.